The van der Waals surface area contributed by atoms with Crippen LogP contribution in [0.15, 0.2) is 48.7 Å². The van der Waals surface area contributed by atoms with Gasteiger partial charge in [-0.25, -0.2) is 19.2 Å². The largest absolute Gasteiger partial charge is 0.478 e. The van der Waals surface area contributed by atoms with Crippen LogP contribution in [0.2, 0.25) is 0 Å². The van der Waals surface area contributed by atoms with Gasteiger partial charge in [-0.2, -0.15) is 26.3 Å². The third-order valence-electron chi connectivity index (χ3n) is 6.00. The monoisotopic (exact) mass is 587 g/mol. The molecule has 0 radical (unpaired) electrons. The van der Waals surface area contributed by atoms with Crippen molar-refractivity contribution in [2.24, 2.45) is 0 Å². The number of aromatic nitrogens is 2. The van der Waals surface area contributed by atoms with E-state index in [0.29, 0.717) is 31.2 Å². The molecule has 7 nitrogen and oxygen atoms in total. The van der Waals surface area contributed by atoms with E-state index in [1.54, 1.807) is 12.1 Å². The van der Waals surface area contributed by atoms with E-state index in [1.165, 1.54) is 25.4 Å². The van der Waals surface area contributed by atoms with E-state index in [1.807, 2.05) is 4.90 Å². The molecular weight excluding hydrogens is 559 g/mol. The number of carboxylic acid groups (broad SMARTS) is 1. The summed E-state index contributed by atoms with van der Waals surface area (Å²) < 4.78 is 88.5. The Morgan fingerprint density at radius 2 is 1.59 bits per heavy atom. The molecule has 1 aliphatic heterocycles. The van der Waals surface area contributed by atoms with Crippen molar-refractivity contribution in [1.29, 1.82) is 0 Å². The van der Waals surface area contributed by atoms with Gasteiger partial charge in [0.25, 0.3) is 0 Å². The van der Waals surface area contributed by atoms with E-state index in [2.05, 4.69) is 34.4 Å². The van der Waals surface area contributed by atoms with Crippen LogP contribution < -0.4 is 15.5 Å². The summed E-state index contributed by atoms with van der Waals surface area (Å²) >= 11 is 0. The molecule has 0 bridgehead atoms. The van der Waals surface area contributed by atoms with Crippen LogP contribution in [0, 0.1) is 5.82 Å². The van der Waals surface area contributed by atoms with Gasteiger partial charge in [0.15, 0.2) is 0 Å². The van der Waals surface area contributed by atoms with Crippen molar-refractivity contribution in [1.82, 2.24) is 20.6 Å². The fraction of sp³-hybridized carbons (Fsp3) is 0.370. The first-order valence-electron chi connectivity index (χ1n) is 12.4. The zero-order valence-corrected chi connectivity index (χ0v) is 22.2. The average Bonchev–Trinajstić information content (AvgIpc) is 2.87. The number of hydrogen-bond acceptors (Lipinski definition) is 6. The Hall–Kier alpha value is -3.78. The molecule has 14 heteroatoms. The van der Waals surface area contributed by atoms with Crippen molar-refractivity contribution in [2.45, 2.75) is 44.8 Å². The normalized spacial score (nSPS) is 17.6. The van der Waals surface area contributed by atoms with Gasteiger partial charge < -0.3 is 20.6 Å². The highest BCUT2D eigenvalue weighted by Gasteiger charge is 2.36. The molecule has 1 saturated heterocycles. The zero-order chi connectivity index (χ0) is 30.5. The quantitative estimate of drug-likeness (QED) is 0.335. The first kappa shape index (κ1) is 31.7. The number of anilines is 1. The fourth-order valence-electron chi connectivity index (χ4n) is 4.36. The minimum absolute atomic E-state index is 0.0605. The van der Waals surface area contributed by atoms with Gasteiger partial charge in [0.1, 0.15) is 11.4 Å². The van der Waals surface area contributed by atoms with Crippen LogP contribution in [-0.2, 0) is 18.9 Å². The van der Waals surface area contributed by atoms with Gasteiger partial charge in [-0.15, -0.1) is 0 Å². The van der Waals surface area contributed by atoms with Gasteiger partial charge >= 0.3 is 18.3 Å². The molecule has 222 valence electrons. The SMILES string of the molecule is CNCc1cc(C(F)(F)F)cc(C(F)(F)F)c1.C[C@@H]1CN(c2ncc(C(=O)O)c(-c3ccccc3F)n2)C[C@H](C)N1. The van der Waals surface area contributed by atoms with Crippen molar-refractivity contribution in [2.75, 3.05) is 25.0 Å². The lowest BCUT2D eigenvalue weighted by Crippen LogP contribution is -2.54. The van der Waals surface area contributed by atoms with Gasteiger partial charge in [-0.1, -0.05) is 12.1 Å². The third kappa shape index (κ3) is 8.36. The van der Waals surface area contributed by atoms with Gasteiger partial charge in [-0.05, 0) is 56.8 Å². The highest BCUT2D eigenvalue weighted by Crippen LogP contribution is 2.36. The van der Waals surface area contributed by atoms with E-state index in [0.717, 1.165) is 0 Å². The van der Waals surface area contributed by atoms with E-state index in [4.69, 9.17) is 0 Å². The van der Waals surface area contributed by atoms with E-state index < -0.39 is 35.3 Å². The second-order valence-electron chi connectivity index (χ2n) is 9.54. The van der Waals surface area contributed by atoms with Gasteiger partial charge in [0, 0.05) is 43.5 Å². The maximum atomic E-state index is 14.1. The van der Waals surface area contributed by atoms with Crippen molar-refractivity contribution in [3.05, 3.63) is 76.7 Å². The Balaban J connectivity index is 0.000000241. The molecule has 1 aromatic heterocycles. The number of nitrogens with zero attached hydrogens (tertiary/aromatic N) is 3. The van der Waals surface area contributed by atoms with Crippen LogP contribution in [0.25, 0.3) is 11.3 Å². The van der Waals surface area contributed by atoms with Crippen molar-refractivity contribution >= 4 is 11.9 Å². The molecule has 2 heterocycles. The number of piperazine rings is 1. The second kappa shape index (κ2) is 12.8. The number of carbonyl (C=O) groups is 1. The number of carboxylic acids is 1. The van der Waals surface area contributed by atoms with Crippen LogP contribution >= 0.6 is 0 Å². The Morgan fingerprint density at radius 3 is 2.07 bits per heavy atom. The topological polar surface area (TPSA) is 90.4 Å². The van der Waals surface area contributed by atoms with Crippen LogP contribution in [0.1, 0.15) is 40.9 Å². The lowest BCUT2D eigenvalue weighted by atomic mass is 10.0. The maximum Gasteiger partial charge on any atom is 0.416 e. The van der Waals surface area contributed by atoms with Gasteiger partial charge in [0.2, 0.25) is 5.95 Å². The standard InChI is InChI=1S/C17H19FN4O2.C10H9F6N/c1-10-8-22(9-11(2)20-10)17-19-7-13(16(23)24)15(21-17)12-5-3-4-6-14(12)18;1-17-5-6-2-7(9(11,12)13)4-8(3-6)10(14,15)16/h3-7,10-11,20H,8-9H2,1-2H3,(H,23,24);2-4,17H,5H2,1H3/t10-,11+;. The van der Waals surface area contributed by atoms with E-state index >= 15 is 0 Å². The Morgan fingerprint density at radius 1 is 1.02 bits per heavy atom. The Labute approximate surface area is 231 Å². The molecule has 4 rings (SSSR count). The Bertz CT molecular complexity index is 1320. The average molecular weight is 588 g/mol. The molecule has 41 heavy (non-hydrogen) atoms. The van der Waals surface area contributed by atoms with Crippen molar-refractivity contribution in [3.8, 4) is 11.3 Å². The van der Waals surface area contributed by atoms with Gasteiger partial charge in [-0.3, -0.25) is 0 Å². The summed E-state index contributed by atoms with van der Waals surface area (Å²) in [5.41, 5.74) is -2.50. The van der Waals surface area contributed by atoms with Crippen molar-refractivity contribution < 1.29 is 40.6 Å². The number of benzene rings is 2. The number of alkyl halides is 6. The molecule has 1 fully saturated rings. The van der Waals surface area contributed by atoms with Crippen LogP contribution in [0.5, 0.6) is 0 Å². The minimum atomic E-state index is -4.79. The third-order valence-corrected chi connectivity index (χ3v) is 6.00. The molecule has 0 aliphatic carbocycles. The first-order valence-corrected chi connectivity index (χ1v) is 12.4. The summed E-state index contributed by atoms with van der Waals surface area (Å²) in [6, 6.07) is 8.05. The van der Waals surface area contributed by atoms with E-state index in [9.17, 15) is 40.6 Å². The van der Waals surface area contributed by atoms with E-state index in [-0.39, 0.29) is 47.1 Å². The predicted molar refractivity (Wildman–Crippen MR) is 138 cm³/mol. The maximum absolute atomic E-state index is 14.1. The van der Waals surface area contributed by atoms with Crippen LogP contribution in [0.3, 0.4) is 0 Å². The summed E-state index contributed by atoms with van der Waals surface area (Å²) in [5, 5.41) is 15.3. The minimum Gasteiger partial charge on any atom is -0.478 e. The molecule has 1 aliphatic rings. The number of aromatic carboxylic acids is 1. The lowest BCUT2D eigenvalue weighted by Gasteiger charge is -2.36. The molecule has 3 aromatic rings. The zero-order valence-electron chi connectivity index (χ0n) is 22.2. The first-order chi connectivity index (χ1) is 19.1. The fourth-order valence-corrected chi connectivity index (χ4v) is 4.36. The number of halogens is 7. The summed E-state index contributed by atoms with van der Waals surface area (Å²) in [7, 11) is 1.44. The molecule has 2 atom stereocenters. The molecular formula is C27H28F7N5O2. The molecule has 0 unspecified atom stereocenters. The van der Waals surface area contributed by atoms with Gasteiger partial charge in [0.05, 0.1) is 16.8 Å². The van der Waals surface area contributed by atoms with Crippen LogP contribution in [0.4, 0.5) is 36.7 Å². The summed E-state index contributed by atoms with van der Waals surface area (Å²) in [5.74, 6) is -1.27. The summed E-state index contributed by atoms with van der Waals surface area (Å²) in [4.78, 5) is 22.0. The molecule has 3 N–H and O–H groups in total. The lowest BCUT2D eigenvalue weighted by molar-refractivity contribution is -0.143. The summed E-state index contributed by atoms with van der Waals surface area (Å²) in [6.07, 6.45) is -8.32. The highest BCUT2D eigenvalue weighted by atomic mass is 19.4. The Kier molecular flexibility index (Phi) is 9.92. The number of rotatable bonds is 5. The number of nitrogens with one attached hydrogen (secondary N) is 2. The number of hydrogen-bond donors (Lipinski definition) is 3. The molecule has 0 saturated carbocycles. The molecule has 2 aromatic carbocycles. The second-order valence-corrected chi connectivity index (χ2v) is 9.54. The molecule has 0 spiro atoms. The predicted octanol–water partition coefficient (Wildman–Crippen LogP) is 5.61. The highest BCUT2D eigenvalue weighted by molar-refractivity contribution is 5.94. The summed E-state index contributed by atoms with van der Waals surface area (Å²) in [6.45, 7) is 5.46. The van der Waals surface area contributed by atoms with Crippen LogP contribution in [-0.4, -0.2) is 53.3 Å². The smallest absolute Gasteiger partial charge is 0.416 e. The molecule has 0 amide bonds. The van der Waals surface area contributed by atoms with Crippen molar-refractivity contribution in [3.63, 3.8) is 0 Å².